The molecular formula is C44H30N4. The molecule has 10 rings (SSSR count). The van der Waals surface area contributed by atoms with Crippen molar-refractivity contribution >= 4 is 49.6 Å². The molecule has 0 atom stereocenters. The molecule has 1 aliphatic carbocycles. The van der Waals surface area contributed by atoms with Crippen molar-refractivity contribution in [1.29, 1.82) is 0 Å². The Hall–Kier alpha value is -6.26. The van der Waals surface area contributed by atoms with Crippen LogP contribution in [-0.2, 0) is 6.42 Å². The molecule has 0 saturated carbocycles. The molecule has 0 saturated heterocycles. The van der Waals surface area contributed by atoms with Crippen molar-refractivity contribution in [2.45, 2.75) is 12.8 Å². The molecular weight excluding hydrogens is 585 g/mol. The summed E-state index contributed by atoms with van der Waals surface area (Å²) in [7, 11) is 0. The third-order valence-electron chi connectivity index (χ3n) is 9.86. The number of benzene rings is 6. The van der Waals surface area contributed by atoms with Crippen molar-refractivity contribution < 1.29 is 0 Å². The largest absolute Gasteiger partial charge is 0.317 e. The van der Waals surface area contributed by atoms with Gasteiger partial charge in [0.25, 0.3) is 0 Å². The Kier molecular flexibility index (Phi) is 5.97. The van der Waals surface area contributed by atoms with Gasteiger partial charge in [-0.15, -0.1) is 0 Å². The van der Waals surface area contributed by atoms with Crippen LogP contribution in [0.1, 0.15) is 17.7 Å². The van der Waals surface area contributed by atoms with Crippen molar-refractivity contribution in [2.75, 3.05) is 0 Å². The average molecular weight is 615 g/mol. The molecule has 3 heterocycles. The van der Waals surface area contributed by atoms with Gasteiger partial charge >= 0.3 is 0 Å². The minimum Gasteiger partial charge on any atom is -0.317 e. The first-order chi connectivity index (χ1) is 23.8. The van der Waals surface area contributed by atoms with Gasteiger partial charge < -0.3 is 4.57 Å². The van der Waals surface area contributed by atoms with E-state index in [1.165, 1.54) is 49.4 Å². The first-order valence-corrected chi connectivity index (χ1v) is 16.6. The zero-order valence-electron chi connectivity index (χ0n) is 26.2. The smallest absolute Gasteiger partial charge is 0.235 e. The number of fused-ring (bicyclic) bond motifs is 7. The predicted octanol–water partition coefficient (Wildman–Crippen LogP) is 11.0. The fourth-order valence-electron chi connectivity index (χ4n) is 7.64. The third-order valence-corrected chi connectivity index (χ3v) is 9.86. The van der Waals surface area contributed by atoms with Gasteiger partial charge in [-0.3, -0.25) is 4.57 Å². The first-order valence-electron chi connectivity index (χ1n) is 16.6. The van der Waals surface area contributed by atoms with Gasteiger partial charge in [0.05, 0.1) is 22.2 Å². The maximum absolute atomic E-state index is 5.38. The number of hydrogen-bond acceptors (Lipinski definition) is 2. The normalized spacial score (nSPS) is 12.8. The highest BCUT2D eigenvalue weighted by atomic mass is 15.2. The molecule has 0 aliphatic heterocycles. The predicted molar refractivity (Wildman–Crippen MR) is 199 cm³/mol. The van der Waals surface area contributed by atoms with Crippen LogP contribution in [0.15, 0.2) is 152 Å². The van der Waals surface area contributed by atoms with Crippen LogP contribution < -0.4 is 0 Å². The lowest BCUT2D eigenvalue weighted by Crippen LogP contribution is -2.08. The summed E-state index contributed by atoms with van der Waals surface area (Å²) < 4.78 is 4.59. The first kappa shape index (κ1) is 26.9. The van der Waals surface area contributed by atoms with Crippen LogP contribution in [0.25, 0.3) is 83.6 Å². The van der Waals surface area contributed by atoms with Crippen molar-refractivity contribution in [3.8, 4) is 34.0 Å². The second-order valence-electron chi connectivity index (χ2n) is 12.5. The monoisotopic (exact) mass is 614 g/mol. The quantitative estimate of drug-likeness (QED) is 0.198. The second kappa shape index (κ2) is 10.6. The highest BCUT2D eigenvalue weighted by Crippen LogP contribution is 2.40. The van der Waals surface area contributed by atoms with E-state index in [4.69, 9.17) is 9.97 Å². The van der Waals surface area contributed by atoms with E-state index >= 15 is 0 Å². The molecule has 0 unspecified atom stereocenters. The molecule has 0 fully saturated rings. The molecule has 9 aromatic rings. The van der Waals surface area contributed by atoms with E-state index in [0.29, 0.717) is 5.95 Å². The number of aromatic nitrogens is 4. The number of hydrogen-bond donors (Lipinski definition) is 0. The third kappa shape index (κ3) is 4.09. The Balaban J connectivity index is 1.17. The number of nitrogens with zero attached hydrogens (tertiary/aromatic N) is 4. The Morgan fingerprint density at radius 1 is 0.562 bits per heavy atom. The Labute approximate surface area is 277 Å². The van der Waals surface area contributed by atoms with Gasteiger partial charge in [-0.05, 0) is 71.1 Å². The van der Waals surface area contributed by atoms with Gasteiger partial charge in [0.1, 0.15) is 0 Å². The fraction of sp³-hybridized carbons (Fsp3) is 0.0455. The van der Waals surface area contributed by atoms with E-state index in [1.54, 1.807) is 0 Å². The van der Waals surface area contributed by atoms with Crippen LogP contribution in [0.3, 0.4) is 0 Å². The fourth-order valence-corrected chi connectivity index (χ4v) is 7.64. The maximum atomic E-state index is 5.38. The molecule has 0 N–H and O–H groups in total. The lowest BCUT2D eigenvalue weighted by molar-refractivity contribution is 0.852. The minimum absolute atomic E-state index is 0.713. The standard InChI is InChI=1S/C44H30N4/c1-2-13-32(14-3-1)47-28-27-37-39(47)25-26-41-42(37)36-17-7-9-20-40(36)48(41)44-45-38-19-8-6-16-35(38)43(46-44)31-23-21-30(22-24-31)34-18-10-12-29-11-4-5-15-33(29)34/h1-8,10-19,21-28H,9,20H2. The number of rotatable bonds is 4. The molecule has 4 heteroatoms. The van der Waals surface area contributed by atoms with E-state index in [9.17, 15) is 0 Å². The Morgan fingerprint density at radius 2 is 1.31 bits per heavy atom. The highest BCUT2D eigenvalue weighted by molar-refractivity contribution is 6.12. The molecule has 1 aliphatic rings. The Bertz CT molecular complexity index is 2710. The van der Waals surface area contributed by atoms with Gasteiger partial charge in [-0.1, -0.05) is 115 Å². The van der Waals surface area contributed by atoms with Crippen LogP contribution in [0, 0.1) is 0 Å². The molecule has 0 radical (unpaired) electrons. The second-order valence-corrected chi connectivity index (χ2v) is 12.5. The van der Waals surface area contributed by atoms with Gasteiger partial charge in [-0.2, -0.15) is 0 Å². The lowest BCUT2D eigenvalue weighted by atomic mass is 9.96. The topological polar surface area (TPSA) is 35.6 Å². The van der Waals surface area contributed by atoms with Crippen LogP contribution in [0.2, 0.25) is 0 Å². The number of allylic oxidation sites excluding steroid dienone is 1. The van der Waals surface area contributed by atoms with Gasteiger partial charge in [0.15, 0.2) is 0 Å². The summed E-state index contributed by atoms with van der Waals surface area (Å²) >= 11 is 0. The van der Waals surface area contributed by atoms with E-state index in [2.05, 4.69) is 167 Å². The van der Waals surface area contributed by atoms with Gasteiger partial charge in [0.2, 0.25) is 5.95 Å². The van der Waals surface area contributed by atoms with E-state index < -0.39 is 0 Å². The molecule has 3 aromatic heterocycles. The van der Waals surface area contributed by atoms with E-state index in [0.717, 1.165) is 46.2 Å². The van der Waals surface area contributed by atoms with Gasteiger partial charge in [-0.25, -0.2) is 9.97 Å². The lowest BCUT2D eigenvalue weighted by Gasteiger charge is -2.15. The van der Waals surface area contributed by atoms with Crippen LogP contribution in [0.5, 0.6) is 0 Å². The molecule has 226 valence electrons. The number of para-hydroxylation sites is 2. The summed E-state index contributed by atoms with van der Waals surface area (Å²) in [6, 6.07) is 49.6. The molecule has 0 spiro atoms. The maximum Gasteiger partial charge on any atom is 0.235 e. The van der Waals surface area contributed by atoms with Crippen LogP contribution in [0.4, 0.5) is 0 Å². The van der Waals surface area contributed by atoms with Crippen molar-refractivity contribution in [1.82, 2.24) is 19.1 Å². The zero-order chi connectivity index (χ0) is 31.6. The molecule has 0 amide bonds. The van der Waals surface area contributed by atoms with Crippen molar-refractivity contribution in [2.24, 2.45) is 0 Å². The zero-order valence-corrected chi connectivity index (χ0v) is 26.2. The summed E-state index contributed by atoms with van der Waals surface area (Å²) in [4.78, 5) is 10.6. The van der Waals surface area contributed by atoms with Crippen molar-refractivity contribution in [3.63, 3.8) is 0 Å². The summed E-state index contributed by atoms with van der Waals surface area (Å²) in [5, 5.41) is 6.05. The van der Waals surface area contributed by atoms with Gasteiger partial charge in [0, 0.05) is 44.9 Å². The van der Waals surface area contributed by atoms with Crippen molar-refractivity contribution in [3.05, 3.63) is 163 Å². The summed E-state index contributed by atoms with van der Waals surface area (Å²) in [5.41, 5.74) is 11.4. The summed E-state index contributed by atoms with van der Waals surface area (Å²) in [6.07, 6.45) is 8.71. The van der Waals surface area contributed by atoms with E-state index in [-0.39, 0.29) is 0 Å². The average Bonchev–Trinajstić information content (AvgIpc) is 3.74. The Morgan fingerprint density at radius 3 is 2.21 bits per heavy atom. The summed E-state index contributed by atoms with van der Waals surface area (Å²) in [6.45, 7) is 0. The molecule has 48 heavy (non-hydrogen) atoms. The van der Waals surface area contributed by atoms with E-state index in [1.807, 2.05) is 0 Å². The molecule has 0 bridgehead atoms. The van der Waals surface area contributed by atoms with Crippen LogP contribution in [-0.4, -0.2) is 19.1 Å². The summed E-state index contributed by atoms with van der Waals surface area (Å²) in [5.74, 6) is 0.713. The van der Waals surface area contributed by atoms with Crippen LogP contribution >= 0.6 is 0 Å². The molecule has 4 nitrogen and oxygen atoms in total. The SMILES string of the molecule is C1=Cc2c(n(-c3nc(-c4ccc(-c5cccc6ccccc56)cc4)c4ccccc4n3)c3ccc4c(ccn4-c4ccccc4)c23)CC1. The minimum atomic E-state index is 0.713. The molecule has 6 aromatic carbocycles. The highest BCUT2D eigenvalue weighted by Gasteiger charge is 2.24.